The second-order valence-corrected chi connectivity index (χ2v) is 9.65. The molecule has 7 nitrogen and oxygen atoms in total. The molecule has 0 bridgehead atoms. The van der Waals surface area contributed by atoms with Crippen molar-refractivity contribution in [1.29, 1.82) is 0 Å². The number of aromatic nitrogens is 2. The normalized spacial score (nSPS) is 21.8. The second kappa shape index (κ2) is 8.88. The zero-order valence-electron chi connectivity index (χ0n) is 19.5. The van der Waals surface area contributed by atoms with Gasteiger partial charge in [0.1, 0.15) is 11.9 Å². The minimum absolute atomic E-state index is 0.233. The van der Waals surface area contributed by atoms with E-state index in [1.165, 1.54) is 37.6 Å². The van der Waals surface area contributed by atoms with Gasteiger partial charge in [-0.3, -0.25) is 4.79 Å². The van der Waals surface area contributed by atoms with Gasteiger partial charge in [-0.2, -0.15) is 4.98 Å². The number of amides is 1. The average Bonchev–Trinajstić information content (AvgIpc) is 2.77. The summed E-state index contributed by atoms with van der Waals surface area (Å²) >= 11 is 0. The largest absolute Gasteiger partial charge is 0.463 e. The minimum atomic E-state index is -0.614. The van der Waals surface area contributed by atoms with E-state index >= 15 is 0 Å². The maximum absolute atomic E-state index is 11.9. The zero-order chi connectivity index (χ0) is 22.9. The van der Waals surface area contributed by atoms with Crippen molar-refractivity contribution >= 4 is 23.1 Å². The molecule has 2 aromatic rings. The molecule has 2 aliphatic rings. The maximum atomic E-state index is 11.9. The Hall–Kier alpha value is -2.96. The van der Waals surface area contributed by atoms with Gasteiger partial charge in [0.05, 0.1) is 5.71 Å². The molecule has 0 spiro atoms. The topological polar surface area (TPSA) is 93.7 Å². The fraction of sp³-hybridized carbons (Fsp3) is 0.520. The fourth-order valence-electron chi connectivity index (χ4n) is 4.75. The summed E-state index contributed by atoms with van der Waals surface area (Å²) in [5.41, 5.74) is 9.09. The van der Waals surface area contributed by atoms with Gasteiger partial charge in [-0.15, -0.1) is 0 Å². The third-order valence-corrected chi connectivity index (χ3v) is 6.73. The van der Waals surface area contributed by atoms with Gasteiger partial charge >= 0.3 is 0 Å². The van der Waals surface area contributed by atoms with Gasteiger partial charge < -0.3 is 15.4 Å². The molecule has 170 valence electrons. The number of nitrogens with zero attached hydrogens (tertiary/aromatic N) is 4. The predicted molar refractivity (Wildman–Crippen MR) is 126 cm³/mol. The molecule has 1 aliphatic heterocycles. The zero-order valence-corrected chi connectivity index (χ0v) is 19.5. The van der Waals surface area contributed by atoms with Gasteiger partial charge in [0, 0.05) is 26.1 Å². The third kappa shape index (κ3) is 4.61. The van der Waals surface area contributed by atoms with Crippen LogP contribution in [0.5, 0.6) is 5.88 Å². The molecular weight excluding hydrogens is 402 g/mol. The van der Waals surface area contributed by atoms with Crippen LogP contribution in [0.3, 0.4) is 0 Å². The highest BCUT2D eigenvalue weighted by Gasteiger charge is 2.35. The first-order valence-electron chi connectivity index (χ1n) is 11.4. The van der Waals surface area contributed by atoms with E-state index in [1.54, 1.807) is 4.90 Å². The molecule has 0 saturated heterocycles. The summed E-state index contributed by atoms with van der Waals surface area (Å²) < 4.78 is 6.09. The Morgan fingerprint density at radius 2 is 1.81 bits per heavy atom. The lowest BCUT2D eigenvalue weighted by atomic mass is 9.77. The number of carbonyl (C=O) groups is 1. The van der Waals surface area contributed by atoms with Crippen LogP contribution in [0.2, 0.25) is 0 Å². The van der Waals surface area contributed by atoms with Crippen molar-refractivity contribution in [3.05, 3.63) is 41.7 Å². The van der Waals surface area contributed by atoms with Crippen LogP contribution in [0.4, 0.5) is 11.5 Å². The smallest absolute Gasteiger partial charge is 0.246 e. The quantitative estimate of drug-likeness (QED) is 0.747. The Labute approximate surface area is 190 Å². The number of hydrogen-bond donors (Lipinski definition) is 1. The highest BCUT2D eigenvalue weighted by molar-refractivity contribution is 6.09. The molecule has 1 fully saturated rings. The molecule has 7 heteroatoms. The Morgan fingerprint density at radius 3 is 2.47 bits per heavy atom. The van der Waals surface area contributed by atoms with E-state index in [1.807, 2.05) is 27.9 Å². The molecule has 1 aromatic heterocycles. The first kappa shape index (κ1) is 22.2. The van der Waals surface area contributed by atoms with E-state index in [2.05, 4.69) is 34.2 Å². The van der Waals surface area contributed by atoms with Crippen LogP contribution >= 0.6 is 0 Å². The summed E-state index contributed by atoms with van der Waals surface area (Å²) in [6.07, 6.45) is 7.80. The number of hydrogen-bond acceptors (Lipinski definition) is 6. The first-order chi connectivity index (χ1) is 15.2. The van der Waals surface area contributed by atoms with Crippen molar-refractivity contribution in [2.45, 2.75) is 63.9 Å². The summed E-state index contributed by atoms with van der Waals surface area (Å²) in [7, 11) is 3.66. The van der Waals surface area contributed by atoms with Crippen LogP contribution in [0, 0.1) is 5.92 Å². The SMILES string of the molecule is CN(C)C(=O)CCC1CCC(c2ccc(C3=Nc4c(N)ncnc4OC3(C)C)cc2)CC1. The number of rotatable bonds is 5. The predicted octanol–water partition coefficient (Wildman–Crippen LogP) is 4.49. The first-order valence-corrected chi connectivity index (χ1v) is 11.4. The molecule has 1 aliphatic carbocycles. The van der Waals surface area contributed by atoms with Gasteiger partial charge in [-0.25, -0.2) is 9.98 Å². The van der Waals surface area contributed by atoms with Crippen molar-refractivity contribution in [2.75, 3.05) is 19.8 Å². The average molecular weight is 436 g/mol. The lowest BCUT2D eigenvalue weighted by Gasteiger charge is -2.32. The number of ether oxygens (including phenoxy) is 1. The third-order valence-electron chi connectivity index (χ3n) is 6.73. The Morgan fingerprint density at radius 1 is 1.12 bits per heavy atom. The Kier molecular flexibility index (Phi) is 6.17. The molecular formula is C25H33N5O2. The number of fused-ring (bicyclic) bond motifs is 1. The number of anilines is 1. The van der Waals surface area contributed by atoms with E-state index < -0.39 is 5.60 Å². The van der Waals surface area contributed by atoms with E-state index in [9.17, 15) is 4.79 Å². The molecule has 2 N–H and O–H groups in total. The monoisotopic (exact) mass is 435 g/mol. The van der Waals surface area contributed by atoms with Crippen molar-refractivity contribution in [3.8, 4) is 5.88 Å². The molecule has 2 heterocycles. The summed E-state index contributed by atoms with van der Waals surface area (Å²) in [6.45, 7) is 3.98. The summed E-state index contributed by atoms with van der Waals surface area (Å²) in [6, 6.07) is 8.70. The van der Waals surface area contributed by atoms with E-state index in [0.29, 0.717) is 35.6 Å². The molecule has 4 rings (SSSR count). The maximum Gasteiger partial charge on any atom is 0.246 e. The molecule has 0 unspecified atom stereocenters. The molecule has 0 radical (unpaired) electrons. The molecule has 1 aromatic carbocycles. The van der Waals surface area contributed by atoms with Gasteiger partial charge in [-0.1, -0.05) is 24.3 Å². The highest BCUT2D eigenvalue weighted by Crippen LogP contribution is 2.40. The number of nitrogen functional groups attached to an aromatic ring is 1. The summed E-state index contributed by atoms with van der Waals surface area (Å²) in [4.78, 5) is 26.5. The summed E-state index contributed by atoms with van der Waals surface area (Å²) in [5, 5.41) is 0. The van der Waals surface area contributed by atoms with Gasteiger partial charge in [0.25, 0.3) is 0 Å². The van der Waals surface area contributed by atoms with Crippen molar-refractivity contribution in [2.24, 2.45) is 10.9 Å². The van der Waals surface area contributed by atoms with E-state index in [0.717, 1.165) is 17.7 Å². The lowest BCUT2D eigenvalue weighted by Crippen LogP contribution is -2.41. The number of carbonyl (C=O) groups excluding carboxylic acids is 1. The van der Waals surface area contributed by atoms with Gasteiger partial charge in [-0.05, 0) is 63.4 Å². The van der Waals surface area contributed by atoms with Crippen molar-refractivity contribution in [1.82, 2.24) is 14.9 Å². The van der Waals surface area contributed by atoms with Crippen LogP contribution in [0.15, 0.2) is 35.6 Å². The van der Waals surface area contributed by atoms with Gasteiger partial charge in [0.15, 0.2) is 11.5 Å². The highest BCUT2D eigenvalue weighted by atomic mass is 16.5. The standard InChI is InChI=1S/C25H33N5O2/c1-25(2)22(29-21-23(26)27-15-28-24(21)32-25)19-12-10-18(11-13-19)17-8-5-16(6-9-17)7-14-20(31)30(3)4/h10-13,15-17H,5-9,14H2,1-4H3,(H2,26,27,28). The van der Waals surface area contributed by atoms with Crippen LogP contribution in [-0.2, 0) is 4.79 Å². The van der Waals surface area contributed by atoms with E-state index in [4.69, 9.17) is 15.5 Å². The Balaban J connectivity index is 1.43. The fourth-order valence-corrected chi connectivity index (χ4v) is 4.75. The second-order valence-electron chi connectivity index (χ2n) is 9.65. The van der Waals surface area contributed by atoms with Gasteiger partial charge in [0.2, 0.25) is 11.8 Å². The minimum Gasteiger partial charge on any atom is -0.463 e. The van der Waals surface area contributed by atoms with Crippen molar-refractivity contribution < 1.29 is 9.53 Å². The number of benzene rings is 1. The molecule has 0 atom stereocenters. The molecule has 1 amide bonds. The number of nitrogens with two attached hydrogens (primary N) is 1. The summed E-state index contributed by atoms with van der Waals surface area (Å²) in [5.74, 6) is 2.22. The van der Waals surface area contributed by atoms with Crippen LogP contribution in [0.25, 0.3) is 0 Å². The molecule has 32 heavy (non-hydrogen) atoms. The van der Waals surface area contributed by atoms with Crippen molar-refractivity contribution in [3.63, 3.8) is 0 Å². The van der Waals surface area contributed by atoms with Crippen LogP contribution in [-0.4, -0.2) is 46.2 Å². The van der Waals surface area contributed by atoms with Crippen LogP contribution in [0.1, 0.15) is 69.4 Å². The van der Waals surface area contributed by atoms with Crippen LogP contribution < -0.4 is 10.5 Å². The lowest BCUT2D eigenvalue weighted by molar-refractivity contribution is -0.129. The van der Waals surface area contributed by atoms with E-state index in [-0.39, 0.29) is 5.91 Å². The number of aliphatic imine (C=N–C) groups is 1. The molecule has 1 saturated carbocycles. The Bertz CT molecular complexity index is 1010.